The molecule has 4 nitrogen and oxygen atoms in total. The molecule has 1 heterocycles. The third-order valence-electron chi connectivity index (χ3n) is 1.69. The molecular formula is C6H11N3O. The number of hydrogen-bond acceptors (Lipinski definition) is 2. The molecule has 1 aliphatic heterocycles. The van der Waals surface area contributed by atoms with Gasteiger partial charge in [-0.15, -0.1) is 0 Å². The Morgan fingerprint density at radius 3 is 2.90 bits per heavy atom. The van der Waals surface area contributed by atoms with Crippen LogP contribution in [0.2, 0.25) is 0 Å². The van der Waals surface area contributed by atoms with Crippen molar-refractivity contribution < 1.29 is 4.79 Å². The molecule has 0 radical (unpaired) electrons. The molecule has 1 unspecified atom stereocenters. The number of nitrogens with two attached hydrogens (primary N) is 1. The quantitative estimate of drug-likeness (QED) is 0.338. The van der Waals surface area contributed by atoms with E-state index in [1.807, 2.05) is 0 Å². The molecule has 0 aliphatic carbocycles. The van der Waals surface area contributed by atoms with Gasteiger partial charge in [-0.3, -0.25) is 10.2 Å². The maximum absolute atomic E-state index is 10.7. The van der Waals surface area contributed by atoms with Crippen molar-refractivity contribution in [3.63, 3.8) is 0 Å². The lowest BCUT2D eigenvalue weighted by atomic mass is 9.97. The van der Waals surface area contributed by atoms with E-state index in [2.05, 4.69) is 5.32 Å². The first-order valence-electron chi connectivity index (χ1n) is 3.31. The van der Waals surface area contributed by atoms with Gasteiger partial charge in [0, 0.05) is 18.9 Å². The summed E-state index contributed by atoms with van der Waals surface area (Å²) in [5.41, 5.74) is 5.23. The Balaban J connectivity index is 2.47. The number of carbonyl (C=O) groups is 1. The van der Waals surface area contributed by atoms with E-state index in [0.717, 1.165) is 6.42 Å². The molecule has 0 aromatic heterocycles. The summed E-state index contributed by atoms with van der Waals surface area (Å²) in [6.45, 7) is 0.656. The fourth-order valence-corrected chi connectivity index (χ4v) is 1.05. The van der Waals surface area contributed by atoms with Gasteiger partial charge in [0.1, 0.15) is 0 Å². The van der Waals surface area contributed by atoms with Crippen molar-refractivity contribution in [3.8, 4) is 0 Å². The van der Waals surface area contributed by atoms with Crippen LogP contribution >= 0.6 is 0 Å². The Morgan fingerprint density at radius 2 is 2.50 bits per heavy atom. The highest BCUT2D eigenvalue weighted by molar-refractivity contribution is 5.87. The number of hydrogen-bond donors (Lipinski definition) is 3. The van der Waals surface area contributed by atoms with Gasteiger partial charge in [-0.05, 0) is 6.42 Å². The van der Waals surface area contributed by atoms with Gasteiger partial charge in [-0.2, -0.15) is 0 Å². The summed E-state index contributed by atoms with van der Waals surface area (Å²) in [7, 11) is 0. The first kappa shape index (κ1) is 7.05. The van der Waals surface area contributed by atoms with Gasteiger partial charge in [0.15, 0.2) is 0 Å². The smallest absolute Gasteiger partial charge is 0.220 e. The molecule has 1 rings (SSSR count). The summed E-state index contributed by atoms with van der Waals surface area (Å²) in [5, 5.41) is 9.75. The molecule has 4 heteroatoms. The molecule has 1 saturated heterocycles. The van der Waals surface area contributed by atoms with Crippen LogP contribution in [0.15, 0.2) is 0 Å². The topological polar surface area (TPSA) is 79.0 Å². The van der Waals surface area contributed by atoms with Gasteiger partial charge in [-0.1, -0.05) is 0 Å². The molecule has 4 N–H and O–H groups in total. The average Bonchev–Trinajstić information content (AvgIpc) is 1.88. The summed E-state index contributed by atoms with van der Waals surface area (Å²) in [4.78, 5) is 10.7. The zero-order chi connectivity index (χ0) is 7.56. The predicted octanol–water partition coefficient (Wildman–Crippen LogP) is -0.551. The van der Waals surface area contributed by atoms with Crippen LogP contribution in [0.4, 0.5) is 0 Å². The highest BCUT2D eigenvalue weighted by Crippen LogP contribution is 2.10. The molecule has 0 saturated carbocycles. The summed E-state index contributed by atoms with van der Waals surface area (Å²) in [5.74, 6) is 0.120. The van der Waals surface area contributed by atoms with Crippen molar-refractivity contribution in [2.45, 2.75) is 12.8 Å². The maximum atomic E-state index is 10.7. The van der Waals surface area contributed by atoms with E-state index < -0.39 is 0 Å². The number of rotatable bonds is 1. The largest absolute Gasteiger partial charge is 0.387 e. The summed E-state index contributed by atoms with van der Waals surface area (Å²) in [6, 6.07) is 0. The van der Waals surface area contributed by atoms with Gasteiger partial charge in [0.2, 0.25) is 5.91 Å². The van der Waals surface area contributed by atoms with Crippen LogP contribution in [0.5, 0.6) is 0 Å². The first-order valence-corrected chi connectivity index (χ1v) is 3.31. The molecule has 1 atom stereocenters. The predicted molar refractivity (Wildman–Crippen MR) is 37.6 cm³/mol. The van der Waals surface area contributed by atoms with Crippen LogP contribution in [-0.4, -0.2) is 18.3 Å². The molecule has 1 aliphatic rings. The lowest BCUT2D eigenvalue weighted by Gasteiger charge is -2.20. The van der Waals surface area contributed by atoms with E-state index in [9.17, 15) is 4.79 Å². The standard InChI is InChI=1S/C6H11N3O/c7-6(8)4-1-2-9-5(10)3-4/h4H,1-3H2,(H3,7,8)(H,9,10). The van der Waals surface area contributed by atoms with E-state index in [0.29, 0.717) is 13.0 Å². The van der Waals surface area contributed by atoms with E-state index in [-0.39, 0.29) is 17.7 Å². The van der Waals surface area contributed by atoms with Crippen molar-refractivity contribution >= 4 is 11.7 Å². The number of piperidine rings is 1. The first-order chi connectivity index (χ1) is 4.70. The molecule has 10 heavy (non-hydrogen) atoms. The van der Waals surface area contributed by atoms with Crippen molar-refractivity contribution in [1.82, 2.24) is 5.32 Å². The Kier molecular flexibility index (Phi) is 1.89. The minimum atomic E-state index is -0.0197. The average molecular weight is 141 g/mol. The Morgan fingerprint density at radius 1 is 1.80 bits per heavy atom. The summed E-state index contributed by atoms with van der Waals surface area (Å²) >= 11 is 0. The molecule has 0 aromatic rings. The van der Waals surface area contributed by atoms with Crippen LogP contribution in [0.3, 0.4) is 0 Å². The SMILES string of the molecule is N=C(N)C1CCNC(=O)C1. The second-order valence-electron chi connectivity index (χ2n) is 2.50. The maximum Gasteiger partial charge on any atom is 0.220 e. The molecule has 56 valence electrons. The van der Waals surface area contributed by atoms with Crippen molar-refractivity contribution in [2.24, 2.45) is 11.7 Å². The molecule has 0 bridgehead atoms. The second kappa shape index (κ2) is 2.68. The van der Waals surface area contributed by atoms with Crippen LogP contribution in [0.1, 0.15) is 12.8 Å². The third-order valence-corrected chi connectivity index (χ3v) is 1.69. The Hall–Kier alpha value is -1.06. The van der Waals surface area contributed by atoms with Gasteiger partial charge >= 0.3 is 0 Å². The van der Waals surface area contributed by atoms with Crippen LogP contribution in [0, 0.1) is 11.3 Å². The second-order valence-corrected chi connectivity index (χ2v) is 2.50. The Labute approximate surface area is 59.3 Å². The summed E-state index contributed by atoms with van der Waals surface area (Å²) in [6.07, 6.45) is 1.19. The molecule has 1 amide bonds. The van der Waals surface area contributed by atoms with Gasteiger partial charge in [0.25, 0.3) is 0 Å². The molecule has 0 spiro atoms. The normalized spacial score (nSPS) is 25.6. The number of carbonyl (C=O) groups excluding carboxylic acids is 1. The fourth-order valence-electron chi connectivity index (χ4n) is 1.05. The molecule has 1 fully saturated rings. The van der Waals surface area contributed by atoms with Gasteiger partial charge < -0.3 is 11.1 Å². The van der Waals surface area contributed by atoms with E-state index in [1.54, 1.807) is 0 Å². The van der Waals surface area contributed by atoms with Crippen LogP contribution in [-0.2, 0) is 4.79 Å². The number of amides is 1. The van der Waals surface area contributed by atoms with Crippen molar-refractivity contribution in [3.05, 3.63) is 0 Å². The lowest BCUT2D eigenvalue weighted by Crippen LogP contribution is -2.38. The van der Waals surface area contributed by atoms with Gasteiger partial charge in [-0.25, -0.2) is 0 Å². The zero-order valence-corrected chi connectivity index (χ0v) is 5.68. The summed E-state index contributed by atoms with van der Waals surface area (Å²) < 4.78 is 0. The van der Waals surface area contributed by atoms with Gasteiger partial charge in [0.05, 0.1) is 5.84 Å². The van der Waals surface area contributed by atoms with Crippen LogP contribution < -0.4 is 11.1 Å². The molecule has 0 aromatic carbocycles. The highest BCUT2D eigenvalue weighted by atomic mass is 16.1. The fraction of sp³-hybridized carbons (Fsp3) is 0.667. The number of amidine groups is 1. The highest BCUT2D eigenvalue weighted by Gasteiger charge is 2.20. The van der Waals surface area contributed by atoms with E-state index in [4.69, 9.17) is 11.1 Å². The monoisotopic (exact) mass is 141 g/mol. The minimum absolute atomic E-state index is 0.00597. The Bertz CT molecular complexity index is 164. The lowest BCUT2D eigenvalue weighted by molar-refractivity contribution is -0.122. The zero-order valence-electron chi connectivity index (χ0n) is 5.68. The van der Waals surface area contributed by atoms with Crippen molar-refractivity contribution in [1.29, 1.82) is 5.41 Å². The van der Waals surface area contributed by atoms with Crippen LogP contribution in [0.25, 0.3) is 0 Å². The minimum Gasteiger partial charge on any atom is -0.387 e. The van der Waals surface area contributed by atoms with Crippen molar-refractivity contribution in [2.75, 3.05) is 6.54 Å². The molecular weight excluding hydrogens is 130 g/mol. The third kappa shape index (κ3) is 1.46. The van der Waals surface area contributed by atoms with E-state index in [1.165, 1.54) is 0 Å². The number of nitrogens with one attached hydrogen (secondary N) is 2. The van der Waals surface area contributed by atoms with E-state index >= 15 is 0 Å².